The molecule has 4 aromatic rings. The number of nitrogens with zero attached hydrogens (tertiary/aromatic N) is 5. The van der Waals surface area contributed by atoms with E-state index in [9.17, 15) is 43.2 Å². The Labute approximate surface area is 378 Å². The van der Waals surface area contributed by atoms with Gasteiger partial charge in [-0.1, -0.05) is 35.3 Å². The van der Waals surface area contributed by atoms with E-state index in [1.165, 1.54) is 13.0 Å². The molecule has 17 nitrogen and oxygen atoms in total. The molecule has 21 heteroatoms. The fourth-order valence-corrected chi connectivity index (χ4v) is 9.31. The van der Waals surface area contributed by atoms with E-state index in [4.69, 9.17) is 23.2 Å². The highest BCUT2D eigenvalue weighted by Crippen LogP contribution is 2.33. The van der Waals surface area contributed by atoms with Gasteiger partial charge >= 0.3 is 0 Å². The molecule has 2 aromatic carbocycles. The maximum Gasteiger partial charge on any atom is 0.265 e. The molecule has 0 aliphatic carbocycles. The molecule has 0 atom stereocenters. The Morgan fingerprint density at radius 3 is 1.38 bits per heavy atom. The van der Waals surface area contributed by atoms with Crippen LogP contribution in [0.25, 0.3) is 0 Å². The molecule has 4 aliphatic heterocycles. The van der Waals surface area contributed by atoms with Gasteiger partial charge in [0, 0.05) is 85.2 Å². The van der Waals surface area contributed by atoms with Crippen molar-refractivity contribution in [1.82, 2.24) is 29.8 Å². The minimum absolute atomic E-state index is 0.00300. The van der Waals surface area contributed by atoms with E-state index in [0.717, 1.165) is 45.6 Å². The number of amides is 9. The molecular weight excluding hydrogens is 896 g/mol. The minimum atomic E-state index is -0.552. The van der Waals surface area contributed by atoms with Crippen LogP contribution in [0.5, 0.6) is 0 Å². The van der Waals surface area contributed by atoms with E-state index in [1.54, 1.807) is 69.3 Å². The Hall–Kier alpha value is -5.99. The molecule has 8 rings (SSSR count). The molecule has 3 N–H and O–H groups in total. The van der Waals surface area contributed by atoms with Gasteiger partial charge in [-0.3, -0.25) is 53.0 Å². The van der Waals surface area contributed by atoms with E-state index in [-0.39, 0.29) is 77.3 Å². The van der Waals surface area contributed by atoms with Gasteiger partial charge in [-0.05, 0) is 48.5 Å². The number of anilines is 2. The molecule has 0 spiro atoms. The third-order valence-electron chi connectivity index (χ3n) is 10.7. The molecule has 328 valence electrons. The number of hydrogen-bond acceptors (Lipinski definition) is 12. The van der Waals surface area contributed by atoms with Crippen LogP contribution in [0.15, 0.2) is 60.7 Å². The highest BCUT2D eigenvalue weighted by Gasteiger charge is 2.40. The second-order valence-electron chi connectivity index (χ2n) is 14.6. The highest BCUT2D eigenvalue weighted by atomic mass is 35.5. The third kappa shape index (κ3) is 9.97. The summed E-state index contributed by atoms with van der Waals surface area (Å²) in [6, 6.07) is 15.8. The summed E-state index contributed by atoms with van der Waals surface area (Å²) in [4.78, 5) is 121. The maximum absolute atomic E-state index is 13.0. The average molecular weight is 936 g/mol. The number of carbonyl (C=O) groups excluding carboxylic acids is 9. The van der Waals surface area contributed by atoms with Crippen molar-refractivity contribution in [2.75, 3.05) is 76.1 Å². The Morgan fingerprint density at radius 2 is 0.984 bits per heavy atom. The molecule has 2 saturated heterocycles. The van der Waals surface area contributed by atoms with Crippen LogP contribution in [0, 0.1) is 0 Å². The Morgan fingerprint density at radius 1 is 0.571 bits per heavy atom. The summed E-state index contributed by atoms with van der Waals surface area (Å²) in [6.07, 6.45) is 0.0573. The summed E-state index contributed by atoms with van der Waals surface area (Å²) < 4.78 is 0.938. The minimum Gasteiger partial charge on any atom is -0.340 e. The van der Waals surface area contributed by atoms with Crippen LogP contribution in [0.3, 0.4) is 0 Å². The zero-order valence-corrected chi connectivity index (χ0v) is 36.9. The first kappa shape index (κ1) is 45.0. The average Bonchev–Trinajstić information content (AvgIpc) is 4.04. The number of piperazine rings is 2. The predicted molar refractivity (Wildman–Crippen MR) is 236 cm³/mol. The number of fused-ring (bicyclic) bond motifs is 2. The lowest BCUT2D eigenvalue weighted by atomic mass is 10.1. The lowest BCUT2D eigenvalue weighted by Gasteiger charge is -2.34. The molecule has 63 heavy (non-hydrogen) atoms. The van der Waals surface area contributed by atoms with E-state index in [2.05, 4.69) is 16.0 Å². The van der Waals surface area contributed by atoms with Crippen molar-refractivity contribution in [2.45, 2.75) is 19.8 Å². The largest absolute Gasteiger partial charge is 0.340 e. The van der Waals surface area contributed by atoms with Gasteiger partial charge in [-0.2, -0.15) is 0 Å². The molecule has 0 unspecified atom stereocenters. The van der Waals surface area contributed by atoms with Crippen molar-refractivity contribution in [3.8, 4) is 0 Å². The SMILES string of the molecule is CC(=O)N1CCN(C(=O)CCN2C(=O)c3cccc(NC(=O)c4ccc(Cl)s4)c3C2=O)CC1.O=C(Nc1cccc2c1C(=O)N(CCC(=O)N1CCNCC1)C2=O)c1ccc(Cl)s1. The van der Waals surface area contributed by atoms with Crippen molar-refractivity contribution in [2.24, 2.45) is 0 Å². The van der Waals surface area contributed by atoms with Crippen molar-refractivity contribution in [3.05, 3.63) is 101 Å². The molecule has 0 radical (unpaired) electrons. The lowest BCUT2D eigenvalue weighted by Crippen LogP contribution is -2.50. The van der Waals surface area contributed by atoms with Gasteiger partial charge in [0.2, 0.25) is 17.7 Å². The van der Waals surface area contributed by atoms with Gasteiger partial charge in [0.1, 0.15) is 0 Å². The first-order chi connectivity index (χ1) is 30.2. The molecule has 0 saturated carbocycles. The Balaban J connectivity index is 0.000000190. The number of hydrogen-bond donors (Lipinski definition) is 3. The molecule has 0 bridgehead atoms. The van der Waals surface area contributed by atoms with Gasteiger partial charge in [-0.15, -0.1) is 22.7 Å². The predicted octanol–water partition coefficient (Wildman–Crippen LogP) is 4.40. The van der Waals surface area contributed by atoms with E-state index in [1.807, 2.05) is 0 Å². The zero-order chi connectivity index (χ0) is 44.9. The molecular formula is C42H40Cl2N8O9S2. The van der Waals surface area contributed by atoms with Crippen molar-refractivity contribution in [1.29, 1.82) is 0 Å². The second-order valence-corrected chi connectivity index (χ2v) is 18.0. The van der Waals surface area contributed by atoms with Gasteiger partial charge in [0.15, 0.2) is 0 Å². The highest BCUT2D eigenvalue weighted by molar-refractivity contribution is 7.18. The van der Waals surface area contributed by atoms with Crippen molar-refractivity contribution < 1.29 is 43.2 Å². The summed E-state index contributed by atoms with van der Waals surface area (Å²) in [5.41, 5.74) is 1.15. The fourth-order valence-electron chi connectivity index (χ4n) is 7.44. The van der Waals surface area contributed by atoms with Crippen molar-refractivity contribution >= 4 is 110 Å². The van der Waals surface area contributed by atoms with Crippen LogP contribution in [0.4, 0.5) is 11.4 Å². The molecule has 4 aliphatic rings. The summed E-state index contributed by atoms with van der Waals surface area (Å²) in [5.74, 6) is -3.16. The van der Waals surface area contributed by atoms with Crippen LogP contribution in [0.2, 0.25) is 8.67 Å². The zero-order valence-electron chi connectivity index (χ0n) is 33.7. The standard InChI is InChI=1S/C22H21ClN4O5S.C20H19ClN4O4S/c1-13(28)25-9-11-26(12-10-25)18(29)7-8-27-21(31)14-3-2-4-15(19(14)22(27)32)24-20(30)16-5-6-17(23)33-16;21-15-5-4-14(30-15)18(27)23-13-3-1-2-12-17(13)20(29)25(19(12)28)9-6-16(26)24-10-7-22-8-11-24/h2-6H,7-12H2,1H3,(H,24,30);1-5,22H,6-11H2,(H,23,27). The Kier molecular flexibility index (Phi) is 14.0. The van der Waals surface area contributed by atoms with Crippen molar-refractivity contribution in [3.63, 3.8) is 0 Å². The second kappa shape index (κ2) is 19.6. The topological polar surface area (TPSA) is 206 Å². The molecule has 6 heterocycles. The summed E-state index contributed by atoms with van der Waals surface area (Å²) in [7, 11) is 0. The first-order valence-electron chi connectivity index (χ1n) is 19.9. The summed E-state index contributed by atoms with van der Waals surface area (Å²) >= 11 is 14.0. The number of rotatable bonds is 10. The van der Waals surface area contributed by atoms with Gasteiger partial charge in [0.25, 0.3) is 35.4 Å². The summed E-state index contributed by atoms with van der Waals surface area (Å²) in [6.45, 7) is 5.90. The molecule has 2 fully saturated rings. The number of nitrogens with one attached hydrogen (secondary N) is 3. The van der Waals surface area contributed by atoms with E-state index >= 15 is 0 Å². The molecule has 9 amide bonds. The molecule has 2 aromatic heterocycles. The number of thiophene rings is 2. The number of carbonyl (C=O) groups is 9. The maximum atomic E-state index is 13.0. The third-order valence-corrected chi connectivity index (χ3v) is 13.2. The lowest BCUT2D eigenvalue weighted by molar-refractivity contribution is -0.138. The smallest absolute Gasteiger partial charge is 0.265 e. The fraction of sp³-hybridized carbons (Fsp3) is 0.310. The van der Waals surface area contributed by atoms with Gasteiger partial charge in [0.05, 0.1) is 52.1 Å². The van der Waals surface area contributed by atoms with Crippen LogP contribution in [0.1, 0.15) is 80.5 Å². The van der Waals surface area contributed by atoms with Gasteiger partial charge < -0.3 is 30.7 Å². The number of halogens is 2. The monoisotopic (exact) mass is 934 g/mol. The van der Waals surface area contributed by atoms with Gasteiger partial charge in [-0.25, -0.2) is 0 Å². The van der Waals surface area contributed by atoms with Crippen LogP contribution in [-0.2, 0) is 14.4 Å². The quantitative estimate of drug-likeness (QED) is 0.191. The van der Waals surface area contributed by atoms with E-state index in [0.29, 0.717) is 57.7 Å². The Bertz CT molecular complexity index is 2530. The summed E-state index contributed by atoms with van der Waals surface area (Å²) in [5, 5.41) is 8.54. The number of imide groups is 2. The first-order valence-corrected chi connectivity index (χ1v) is 22.2. The van der Waals surface area contributed by atoms with Crippen LogP contribution < -0.4 is 16.0 Å². The van der Waals surface area contributed by atoms with Crippen LogP contribution in [-0.4, -0.2) is 143 Å². The van der Waals surface area contributed by atoms with E-state index < -0.39 is 35.4 Å². The van der Waals surface area contributed by atoms with Crippen LogP contribution >= 0.6 is 45.9 Å². The number of benzene rings is 2. The normalized spacial score (nSPS) is 15.8.